The van der Waals surface area contributed by atoms with Gasteiger partial charge in [-0.3, -0.25) is 4.79 Å². The summed E-state index contributed by atoms with van der Waals surface area (Å²) in [6.45, 7) is 5.47. The molecule has 3 aromatic rings. The summed E-state index contributed by atoms with van der Waals surface area (Å²) in [6, 6.07) is 17.2. The maximum absolute atomic E-state index is 11.8. The number of rotatable bonds is 13. The number of ether oxygens (including phenoxy) is 3. The summed E-state index contributed by atoms with van der Waals surface area (Å²) < 4.78 is 18.2. The van der Waals surface area contributed by atoms with Crippen LogP contribution < -0.4 is 14.2 Å². The molecule has 3 rings (SSSR count). The number of phenolic OH excluding ortho intramolecular Hbond substituents is 1. The molecule has 0 bridgehead atoms. The Kier molecular flexibility index (Phi) is 9.33. The molecule has 0 aliphatic carbocycles. The third-order valence-corrected chi connectivity index (χ3v) is 5.68. The summed E-state index contributed by atoms with van der Waals surface area (Å²) >= 11 is 0. The molecule has 1 unspecified atom stereocenters. The van der Waals surface area contributed by atoms with Gasteiger partial charge in [0.1, 0.15) is 30.3 Å². The zero-order valence-corrected chi connectivity index (χ0v) is 20.8. The predicted octanol–water partition coefficient (Wildman–Crippen LogP) is 5.71. The summed E-state index contributed by atoms with van der Waals surface area (Å²) in [4.78, 5) is 23.4. The maximum Gasteiger partial charge on any atom is 0.339 e. The van der Waals surface area contributed by atoms with Gasteiger partial charge in [-0.2, -0.15) is 0 Å². The van der Waals surface area contributed by atoms with E-state index in [1.54, 1.807) is 24.3 Å². The van der Waals surface area contributed by atoms with Gasteiger partial charge in [-0.1, -0.05) is 50.6 Å². The average Bonchev–Trinajstić information content (AvgIpc) is 2.87. The normalized spacial score (nSPS) is 11.5. The average molecular weight is 493 g/mol. The van der Waals surface area contributed by atoms with Gasteiger partial charge in [0.05, 0.1) is 0 Å². The van der Waals surface area contributed by atoms with Crippen LogP contribution >= 0.6 is 0 Å². The van der Waals surface area contributed by atoms with Crippen molar-refractivity contribution in [1.82, 2.24) is 0 Å². The molecule has 0 heterocycles. The van der Waals surface area contributed by atoms with E-state index in [1.165, 1.54) is 19.1 Å². The third kappa shape index (κ3) is 6.78. The number of hydrogen-bond donors (Lipinski definition) is 2. The molecule has 190 valence electrons. The van der Waals surface area contributed by atoms with E-state index in [4.69, 9.17) is 14.2 Å². The van der Waals surface area contributed by atoms with Crippen molar-refractivity contribution in [2.45, 2.75) is 46.1 Å². The van der Waals surface area contributed by atoms with Crippen LogP contribution in [0.2, 0.25) is 0 Å². The molecular formula is C29H32O7. The first-order valence-electron chi connectivity index (χ1n) is 12.0. The molecule has 36 heavy (non-hydrogen) atoms. The van der Waals surface area contributed by atoms with E-state index in [1.807, 2.05) is 31.2 Å². The third-order valence-electron chi connectivity index (χ3n) is 5.68. The number of Topliss-reactive ketones (excluding diaryl/α,β-unsaturated/α-hetero) is 1. The summed E-state index contributed by atoms with van der Waals surface area (Å²) in [5.41, 5.74) is 2.20. The number of carboxylic acids is 1. The molecule has 7 nitrogen and oxygen atoms in total. The van der Waals surface area contributed by atoms with Crippen LogP contribution in [0, 0.1) is 0 Å². The number of carboxylic acid groups (broad SMARTS) is 1. The standard InChI is InChI=1S/C29H32O7/c1-4-10-21-11-6-8-13-26(21)36-23(17-34-27-14-9-7-12-24(27)29(32)33)18-35-28-20(5-2)15-22(19(3)30)16-25(28)31/h6-9,11-16,23,31H,4-5,10,17-18H2,1-3H3,(H,32,33). The minimum Gasteiger partial charge on any atom is -0.504 e. The Labute approximate surface area is 211 Å². The van der Waals surface area contributed by atoms with E-state index in [9.17, 15) is 19.8 Å². The molecule has 0 aliphatic rings. The highest BCUT2D eigenvalue weighted by molar-refractivity contribution is 5.95. The van der Waals surface area contributed by atoms with Gasteiger partial charge in [0.15, 0.2) is 23.4 Å². The van der Waals surface area contributed by atoms with Crippen molar-refractivity contribution in [3.8, 4) is 23.0 Å². The first kappa shape index (κ1) is 26.6. The van der Waals surface area contributed by atoms with Crippen LogP contribution in [0.1, 0.15) is 59.0 Å². The zero-order valence-electron chi connectivity index (χ0n) is 20.8. The number of aryl methyl sites for hydroxylation is 2. The summed E-state index contributed by atoms with van der Waals surface area (Å²) in [7, 11) is 0. The summed E-state index contributed by atoms with van der Waals surface area (Å²) in [5.74, 6) is -0.162. The van der Waals surface area contributed by atoms with Crippen molar-refractivity contribution < 1.29 is 34.0 Å². The maximum atomic E-state index is 11.8. The van der Waals surface area contributed by atoms with E-state index in [-0.39, 0.29) is 41.8 Å². The topological polar surface area (TPSA) is 102 Å². The second-order valence-corrected chi connectivity index (χ2v) is 8.41. The van der Waals surface area contributed by atoms with Crippen LogP contribution in [0.5, 0.6) is 23.0 Å². The number of benzene rings is 3. The fraction of sp³-hybridized carbons (Fsp3) is 0.310. The molecule has 0 fully saturated rings. The molecule has 2 N–H and O–H groups in total. The highest BCUT2D eigenvalue weighted by atomic mass is 16.6. The minimum atomic E-state index is -1.09. The molecule has 3 aromatic carbocycles. The lowest BCUT2D eigenvalue weighted by atomic mass is 10.0. The summed E-state index contributed by atoms with van der Waals surface area (Å²) in [5, 5.41) is 20.0. The number of carbonyl (C=O) groups is 2. The highest BCUT2D eigenvalue weighted by Gasteiger charge is 2.20. The van der Waals surface area contributed by atoms with Crippen LogP contribution in [-0.2, 0) is 12.8 Å². The monoisotopic (exact) mass is 492 g/mol. The van der Waals surface area contributed by atoms with Crippen molar-refractivity contribution in [2.75, 3.05) is 13.2 Å². The molecule has 0 spiro atoms. The zero-order chi connectivity index (χ0) is 26.1. The number of carbonyl (C=O) groups excluding carboxylic acids is 1. The molecule has 0 aromatic heterocycles. The molecule has 0 saturated heterocycles. The Morgan fingerprint density at radius 3 is 2.22 bits per heavy atom. The van der Waals surface area contributed by atoms with E-state index in [2.05, 4.69) is 6.92 Å². The molecule has 0 saturated carbocycles. The number of phenols is 1. The van der Waals surface area contributed by atoms with E-state index in [0.717, 1.165) is 18.4 Å². The Bertz CT molecular complexity index is 1200. The van der Waals surface area contributed by atoms with Crippen molar-refractivity contribution in [3.63, 3.8) is 0 Å². The van der Waals surface area contributed by atoms with Gasteiger partial charge >= 0.3 is 5.97 Å². The quantitative estimate of drug-likeness (QED) is 0.295. The second kappa shape index (κ2) is 12.6. The Hall–Kier alpha value is -4.00. The second-order valence-electron chi connectivity index (χ2n) is 8.41. The Morgan fingerprint density at radius 1 is 0.889 bits per heavy atom. The molecule has 0 aliphatic heterocycles. The first-order chi connectivity index (χ1) is 17.3. The smallest absolute Gasteiger partial charge is 0.339 e. The number of ketones is 1. The van der Waals surface area contributed by atoms with Gasteiger partial charge in [0.2, 0.25) is 0 Å². The lowest BCUT2D eigenvalue weighted by Gasteiger charge is -2.23. The van der Waals surface area contributed by atoms with E-state index in [0.29, 0.717) is 23.3 Å². The van der Waals surface area contributed by atoms with Crippen LogP contribution in [-0.4, -0.2) is 41.3 Å². The molecule has 0 amide bonds. The van der Waals surface area contributed by atoms with Crippen molar-refractivity contribution in [1.29, 1.82) is 0 Å². The largest absolute Gasteiger partial charge is 0.504 e. The number of para-hydroxylation sites is 2. The molecule has 1 atom stereocenters. The molecule has 0 radical (unpaired) electrons. The van der Waals surface area contributed by atoms with Crippen molar-refractivity contribution >= 4 is 11.8 Å². The van der Waals surface area contributed by atoms with E-state index >= 15 is 0 Å². The van der Waals surface area contributed by atoms with Gasteiger partial charge in [0, 0.05) is 5.56 Å². The fourth-order valence-corrected chi connectivity index (χ4v) is 3.82. The lowest BCUT2D eigenvalue weighted by Crippen LogP contribution is -2.32. The number of hydrogen-bond acceptors (Lipinski definition) is 6. The van der Waals surface area contributed by atoms with Gasteiger partial charge in [0.25, 0.3) is 0 Å². The summed E-state index contributed by atoms with van der Waals surface area (Å²) in [6.07, 6.45) is 1.71. The predicted molar refractivity (Wildman–Crippen MR) is 137 cm³/mol. The Morgan fingerprint density at radius 2 is 1.56 bits per heavy atom. The van der Waals surface area contributed by atoms with Gasteiger partial charge in [-0.25, -0.2) is 4.79 Å². The van der Waals surface area contributed by atoms with Gasteiger partial charge < -0.3 is 24.4 Å². The van der Waals surface area contributed by atoms with Crippen LogP contribution in [0.3, 0.4) is 0 Å². The molecule has 7 heteroatoms. The van der Waals surface area contributed by atoms with Gasteiger partial charge in [-0.15, -0.1) is 0 Å². The fourth-order valence-electron chi connectivity index (χ4n) is 3.82. The van der Waals surface area contributed by atoms with Crippen LogP contribution in [0.15, 0.2) is 60.7 Å². The van der Waals surface area contributed by atoms with Gasteiger partial charge in [-0.05, 0) is 61.2 Å². The highest BCUT2D eigenvalue weighted by Crippen LogP contribution is 2.33. The lowest BCUT2D eigenvalue weighted by molar-refractivity contribution is 0.0667. The van der Waals surface area contributed by atoms with Crippen molar-refractivity contribution in [2.24, 2.45) is 0 Å². The van der Waals surface area contributed by atoms with Crippen molar-refractivity contribution in [3.05, 3.63) is 82.9 Å². The SMILES string of the molecule is CCCc1ccccc1OC(COc1ccccc1C(=O)O)COc1c(O)cc(C(C)=O)cc1CC. The molecular weight excluding hydrogens is 460 g/mol. The van der Waals surface area contributed by atoms with Crippen LogP contribution in [0.25, 0.3) is 0 Å². The van der Waals surface area contributed by atoms with Crippen LogP contribution in [0.4, 0.5) is 0 Å². The number of aromatic carboxylic acids is 1. The minimum absolute atomic E-state index is 0.0124. The van der Waals surface area contributed by atoms with E-state index < -0.39 is 12.1 Å². The Balaban J connectivity index is 1.86. The number of aromatic hydroxyl groups is 1. The first-order valence-corrected chi connectivity index (χ1v) is 12.0.